The van der Waals surface area contributed by atoms with Crippen molar-refractivity contribution in [1.29, 1.82) is 0 Å². The van der Waals surface area contributed by atoms with Gasteiger partial charge in [0.1, 0.15) is 11.6 Å². The smallest absolute Gasteiger partial charge is 0.309 e. The largest absolute Gasteiger partial charge is 0.493 e. The molecule has 0 amide bonds. The van der Waals surface area contributed by atoms with Crippen molar-refractivity contribution in [2.24, 2.45) is 5.92 Å². The molecule has 0 radical (unpaired) electrons. The topological polar surface area (TPSA) is 95.0 Å². The number of hydrogen-bond donors (Lipinski definition) is 0. The van der Waals surface area contributed by atoms with Gasteiger partial charge in [0.15, 0.2) is 11.5 Å². The van der Waals surface area contributed by atoms with Crippen LogP contribution < -0.4 is 9.47 Å². The second kappa shape index (κ2) is 9.10. The number of piperidine rings is 1. The molecule has 1 aromatic carbocycles. The lowest BCUT2D eigenvalue weighted by molar-refractivity contribution is -0.151. The van der Waals surface area contributed by atoms with Crippen molar-refractivity contribution in [3.63, 3.8) is 0 Å². The van der Waals surface area contributed by atoms with Crippen molar-refractivity contribution in [2.75, 3.05) is 33.6 Å². The highest BCUT2D eigenvalue weighted by atomic mass is 32.2. The number of sulfonamides is 1. The molecule has 2 aromatic rings. The minimum absolute atomic E-state index is 0.0922. The monoisotopic (exact) mass is 440 g/mol. The first-order valence-electron chi connectivity index (χ1n) is 9.10. The molecule has 0 unspecified atom stereocenters. The van der Waals surface area contributed by atoms with Crippen LogP contribution in [-0.2, 0) is 26.2 Å². The number of hydrogen-bond acceptors (Lipinski definition) is 8. The van der Waals surface area contributed by atoms with Gasteiger partial charge in [-0.2, -0.15) is 0 Å². The van der Waals surface area contributed by atoms with Crippen LogP contribution in [-0.4, -0.2) is 57.2 Å². The highest BCUT2D eigenvalue weighted by molar-refractivity contribution is 7.88. The van der Waals surface area contributed by atoms with E-state index in [-0.39, 0.29) is 18.5 Å². The van der Waals surface area contributed by atoms with E-state index in [0.29, 0.717) is 43.1 Å². The summed E-state index contributed by atoms with van der Waals surface area (Å²) >= 11 is 1.45. The van der Waals surface area contributed by atoms with Gasteiger partial charge in [-0.15, -0.1) is 11.3 Å². The van der Waals surface area contributed by atoms with Crippen LogP contribution >= 0.6 is 11.3 Å². The second-order valence-electron chi connectivity index (χ2n) is 6.76. The molecular formula is C19H24N2O6S2. The summed E-state index contributed by atoms with van der Waals surface area (Å²) in [5.41, 5.74) is 1.56. The molecule has 0 bridgehead atoms. The van der Waals surface area contributed by atoms with Gasteiger partial charge in [-0.3, -0.25) is 4.79 Å². The number of carbonyl (C=O) groups excluding carboxylic acids is 1. The van der Waals surface area contributed by atoms with Crippen molar-refractivity contribution in [3.8, 4) is 22.1 Å². The fraction of sp³-hybridized carbons (Fsp3) is 0.474. The number of benzene rings is 1. The van der Waals surface area contributed by atoms with Gasteiger partial charge >= 0.3 is 5.97 Å². The standard InChI is InChI=1S/C19H24N2O6S2/c1-25-16-5-4-14(10-17(16)26-2)18-20-15(12-28-18)11-27-19(22)13-6-8-21(9-7-13)29(3,23)24/h4-5,10,12-13H,6-9,11H2,1-3H3. The van der Waals surface area contributed by atoms with Crippen LogP contribution in [0.5, 0.6) is 11.5 Å². The summed E-state index contributed by atoms with van der Waals surface area (Å²) in [6, 6.07) is 5.56. The minimum Gasteiger partial charge on any atom is -0.493 e. The summed E-state index contributed by atoms with van der Waals surface area (Å²) in [5, 5.41) is 2.64. The Morgan fingerprint density at radius 3 is 2.52 bits per heavy atom. The normalized spacial score (nSPS) is 15.8. The number of ether oxygens (including phenoxy) is 3. The molecule has 0 N–H and O–H groups in total. The number of aromatic nitrogens is 1. The van der Waals surface area contributed by atoms with Gasteiger partial charge < -0.3 is 14.2 Å². The molecule has 1 aromatic heterocycles. The summed E-state index contributed by atoms with van der Waals surface area (Å²) < 4.78 is 40.5. The molecule has 3 rings (SSSR count). The molecule has 1 fully saturated rings. The lowest BCUT2D eigenvalue weighted by Gasteiger charge is -2.28. The molecule has 0 aliphatic carbocycles. The maximum absolute atomic E-state index is 12.3. The first kappa shape index (κ1) is 21.5. The van der Waals surface area contributed by atoms with Crippen LogP contribution in [0.2, 0.25) is 0 Å². The molecule has 8 nitrogen and oxygen atoms in total. The molecule has 1 aliphatic heterocycles. The first-order valence-corrected chi connectivity index (χ1v) is 11.8. The van der Waals surface area contributed by atoms with Gasteiger partial charge in [-0.25, -0.2) is 17.7 Å². The predicted octanol–water partition coefficient (Wildman–Crippen LogP) is 2.54. The molecule has 0 spiro atoms. The number of thiazole rings is 1. The number of rotatable bonds is 7. The summed E-state index contributed by atoms with van der Waals surface area (Å²) in [6.07, 6.45) is 2.13. The van der Waals surface area contributed by atoms with Crippen LogP contribution in [0.15, 0.2) is 23.6 Å². The average molecular weight is 441 g/mol. The maximum atomic E-state index is 12.3. The van der Waals surface area contributed by atoms with Gasteiger partial charge in [0, 0.05) is 24.0 Å². The van der Waals surface area contributed by atoms with Crippen LogP contribution in [0.4, 0.5) is 0 Å². The highest BCUT2D eigenvalue weighted by Gasteiger charge is 2.30. The molecule has 10 heteroatoms. The van der Waals surface area contributed by atoms with E-state index in [1.54, 1.807) is 14.2 Å². The lowest BCUT2D eigenvalue weighted by atomic mass is 9.98. The SMILES string of the molecule is COc1ccc(-c2nc(COC(=O)C3CCN(S(C)(=O)=O)CC3)cs2)cc1OC. The summed E-state index contributed by atoms with van der Waals surface area (Å²) in [7, 11) is -0.0478. The molecule has 0 atom stereocenters. The number of methoxy groups -OCH3 is 2. The van der Waals surface area contributed by atoms with Crippen molar-refractivity contribution in [3.05, 3.63) is 29.3 Å². The summed E-state index contributed by atoms with van der Waals surface area (Å²) in [5.74, 6) is 0.674. The Morgan fingerprint density at radius 1 is 1.21 bits per heavy atom. The van der Waals surface area contributed by atoms with Crippen molar-refractivity contribution in [2.45, 2.75) is 19.4 Å². The zero-order valence-electron chi connectivity index (χ0n) is 16.6. The Morgan fingerprint density at radius 2 is 1.90 bits per heavy atom. The maximum Gasteiger partial charge on any atom is 0.309 e. The van der Waals surface area contributed by atoms with E-state index in [1.807, 2.05) is 23.6 Å². The molecule has 158 valence electrons. The van der Waals surface area contributed by atoms with Crippen LogP contribution in [0.25, 0.3) is 10.6 Å². The predicted molar refractivity (Wildman–Crippen MR) is 110 cm³/mol. The van der Waals surface area contributed by atoms with E-state index in [2.05, 4.69) is 4.98 Å². The Labute approximate surface area is 174 Å². The van der Waals surface area contributed by atoms with Crippen molar-refractivity contribution < 1.29 is 27.4 Å². The minimum atomic E-state index is -3.21. The third-order valence-electron chi connectivity index (χ3n) is 4.80. The summed E-state index contributed by atoms with van der Waals surface area (Å²) in [6.45, 7) is 0.784. The molecule has 0 saturated carbocycles. The average Bonchev–Trinajstić information content (AvgIpc) is 3.20. The van der Waals surface area contributed by atoms with Crippen molar-refractivity contribution in [1.82, 2.24) is 9.29 Å². The lowest BCUT2D eigenvalue weighted by Crippen LogP contribution is -2.40. The number of esters is 1. The molecule has 29 heavy (non-hydrogen) atoms. The van der Waals surface area contributed by atoms with Gasteiger partial charge in [-0.05, 0) is 31.0 Å². The third-order valence-corrected chi connectivity index (χ3v) is 7.04. The van der Waals surface area contributed by atoms with Gasteiger partial charge in [0.05, 0.1) is 32.1 Å². The van der Waals surface area contributed by atoms with Gasteiger partial charge in [0.2, 0.25) is 10.0 Å². The zero-order valence-corrected chi connectivity index (χ0v) is 18.2. The number of nitrogens with zero attached hydrogens (tertiary/aromatic N) is 2. The summed E-state index contributed by atoms with van der Waals surface area (Å²) in [4.78, 5) is 16.8. The molecule has 1 saturated heterocycles. The zero-order chi connectivity index (χ0) is 21.0. The van der Waals surface area contributed by atoms with Crippen LogP contribution in [0, 0.1) is 5.92 Å². The Balaban J connectivity index is 1.56. The fourth-order valence-electron chi connectivity index (χ4n) is 3.16. The Kier molecular flexibility index (Phi) is 6.76. The number of carbonyl (C=O) groups is 1. The fourth-order valence-corrected chi connectivity index (χ4v) is 4.84. The molecule has 1 aliphatic rings. The van der Waals surface area contributed by atoms with E-state index >= 15 is 0 Å². The Hall–Kier alpha value is -2.17. The van der Waals surface area contributed by atoms with Crippen LogP contribution in [0.1, 0.15) is 18.5 Å². The third kappa shape index (κ3) is 5.26. The Bertz CT molecular complexity index is 965. The van der Waals surface area contributed by atoms with Gasteiger partial charge in [0.25, 0.3) is 0 Å². The highest BCUT2D eigenvalue weighted by Crippen LogP contribution is 2.33. The van der Waals surface area contributed by atoms with E-state index in [9.17, 15) is 13.2 Å². The van der Waals surface area contributed by atoms with E-state index in [4.69, 9.17) is 14.2 Å². The van der Waals surface area contributed by atoms with E-state index in [0.717, 1.165) is 10.6 Å². The first-order chi connectivity index (χ1) is 13.8. The molecule has 2 heterocycles. The second-order valence-corrected chi connectivity index (χ2v) is 9.60. The van der Waals surface area contributed by atoms with E-state index < -0.39 is 10.0 Å². The van der Waals surface area contributed by atoms with E-state index in [1.165, 1.54) is 21.9 Å². The quantitative estimate of drug-likeness (QED) is 0.611. The molecular weight excluding hydrogens is 416 g/mol. The van der Waals surface area contributed by atoms with Gasteiger partial charge in [-0.1, -0.05) is 0 Å². The van der Waals surface area contributed by atoms with Crippen molar-refractivity contribution >= 4 is 27.3 Å². The van der Waals surface area contributed by atoms with Crippen LogP contribution in [0.3, 0.4) is 0 Å².